The van der Waals surface area contributed by atoms with Crippen molar-refractivity contribution < 1.29 is 14.3 Å². The van der Waals surface area contributed by atoms with Crippen molar-refractivity contribution in [2.75, 3.05) is 5.88 Å². The van der Waals surface area contributed by atoms with Gasteiger partial charge in [-0.1, -0.05) is 6.92 Å². The molecule has 0 amide bonds. The second kappa shape index (κ2) is 8.86. The van der Waals surface area contributed by atoms with Gasteiger partial charge in [0.2, 0.25) is 6.08 Å². The van der Waals surface area contributed by atoms with Crippen molar-refractivity contribution in [3.05, 3.63) is 0 Å². The monoisotopic (exact) mass is 185 g/mol. The number of alkyl halides is 1. The van der Waals surface area contributed by atoms with Gasteiger partial charge in [-0.3, -0.25) is 4.57 Å². The Morgan fingerprint density at radius 2 is 2.20 bits per heavy atom. The van der Waals surface area contributed by atoms with Gasteiger partial charge in [0.05, 0.1) is 0 Å². The summed E-state index contributed by atoms with van der Waals surface area (Å²) in [5, 5.41) is 5.40. The standard InChI is InChI=1S/C3H8ClO2P.CHNO/c1-3(2-4)7(5)6;2-1-3/h3,7H,2H2,1H3,(H,5,6);2H. The summed E-state index contributed by atoms with van der Waals surface area (Å²) < 4.78 is 10.0. The second-order valence-corrected chi connectivity index (χ2v) is 3.47. The van der Waals surface area contributed by atoms with E-state index in [0.717, 1.165) is 6.08 Å². The number of isocyanates is 1. The number of rotatable bonds is 2. The van der Waals surface area contributed by atoms with Crippen LogP contribution in [0.4, 0.5) is 0 Å². The molecule has 0 bridgehead atoms. The molecule has 0 aliphatic rings. The fourth-order valence-electron chi connectivity index (χ4n) is 0.0660. The molecule has 0 aliphatic carbocycles. The summed E-state index contributed by atoms with van der Waals surface area (Å²) in [6, 6.07) is 0. The van der Waals surface area contributed by atoms with Gasteiger partial charge in [0.1, 0.15) is 0 Å². The van der Waals surface area contributed by atoms with E-state index in [0.29, 0.717) is 0 Å². The van der Waals surface area contributed by atoms with Gasteiger partial charge >= 0.3 is 0 Å². The molecule has 2 atom stereocenters. The average Bonchev–Trinajstić information content (AvgIpc) is 1.88. The maximum Gasteiger partial charge on any atom is 0.231 e. The van der Waals surface area contributed by atoms with Crippen molar-refractivity contribution >= 4 is 25.7 Å². The molecule has 0 fully saturated rings. The molecule has 0 spiro atoms. The van der Waals surface area contributed by atoms with Crippen LogP contribution in [0.2, 0.25) is 0 Å². The van der Waals surface area contributed by atoms with Crippen LogP contribution in [-0.4, -0.2) is 22.5 Å². The maximum atomic E-state index is 10.0. The minimum Gasteiger partial charge on any atom is -0.346 e. The summed E-state index contributed by atoms with van der Waals surface area (Å²) in [7, 11) is -2.35. The molecule has 0 saturated carbocycles. The minimum absolute atomic E-state index is 0.230. The van der Waals surface area contributed by atoms with Crippen LogP contribution in [0.15, 0.2) is 0 Å². The lowest BCUT2D eigenvalue weighted by atomic mass is 10.6. The van der Waals surface area contributed by atoms with Crippen LogP contribution in [-0.2, 0) is 9.36 Å². The first-order chi connectivity index (χ1) is 4.59. The highest BCUT2D eigenvalue weighted by atomic mass is 35.5. The summed E-state index contributed by atoms with van der Waals surface area (Å²) in [4.78, 5) is 16.6. The first kappa shape index (κ1) is 12.5. The van der Waals surface area contributed by atoms with Crippen LogP contribution < -0.4 is 0 Å². The second-order valence-electron chi connectivity index (χ2n) is 1.50. The third kappa shape index (κ3) is 10.8. The van der Waals surface area contributed by atoms with Gasteiger partial charge in [0, 0.05) is 11.5 Å². The third-order valence-corrected chi connectivity index (χ3v) is 2.42. The van der Waals surface area contributed by atoms with Crippen LogP contribution in [0.25, 0.3) is 0 Å². The van der Waals surface area contributed by atoms with Crippen molar-refractivity contribution in [1.29, 1.82) is 5.41 Å². The molecule has 4 nitrogen and oxygen atoms in total. The van der Waals surface area contributed by atoms with Gasteiger partial charge < -0.3 is 4.89 Å². The molecule has 60 valence electrons. The first-order valence-corrected chi connectivity index (χ1v) is 4.39. The number of nitrogens with one attached hydrogen (secondary N) is 1. The molecule has 0 aromatic carbocycles. The smallest absolute Gasteiger partial charge is 0.231 e. The van der Waals surface area contributed by atoms with E-state index >= 15 is 0 Å². The van der Waals surface area contributed by atoms with Crippen molar-refractivity contribution in [1.82, 2.24) is 0 Å². The van der Waals surface area contributed by atoms with E-state index in [1.54, 1.807) is 6.92 Å². The zero-order valence-electron chi connectivity index (χ0n) is 5.43. The lowest BCUT2D eigenvalue weighted by Crippen LogP contribution is -1.94. The Morgan fingerprint density at radius 1 is 1.90 bits per heavy atom. The highest BCUT2D eigenvalue weighted by molar-refractivity contribution is 7.39. The molecule has 0 aliphatic heterocycles. The zero-order valence-corrected chi connectivity index (χ0v) is 7.18. The lowest BCUT2D eigenvalue weighted by Gasteiger charge is -1.97. The fraction of sp³-hybridized carbons (Fsp3) is 0.750. The molecule has 0 heterocycles. The fourth-order valence-corrected chi connectivity index (χ4v) is 0.594. The molecule has 0 radical (unpaired) electrons. The van der Waals surface area contributed by atoms with Gasteiger partial charge in [-0.25, -0.2) is 10.2 Å². The molecular formula is C4H9ClNO3P. The summed E-state index contributed by atoms with van der Waals surface area (Å²) in [5.74, 6) is 0.272. The lowest BCUT2D eigenvalue weighted by molar-refractivity contribution is 0.495. The number of hydrogen-bond donors (Lipinski definition) is 2. The zero-order chi connectivity index (χ0) is 8.57. The van der Waals surface area contributed by atoms with Crippen molar-refractivity contribution in [3.8, 4) is 0 Å². The normalized spacial score (nSPS) is 13.9. The highest BCUT2D eigenvalue weighted by Crippen LogP contribution is 2.21. The van der Waals surface area contributed by atoms with E-state index in [1.807, 2.05) is 0 Å². The Bertz CT molecular complexity index is 134. The number of halogens is 1. The minimum atomic E-state index is -2.35. The van der Waals surface area contributed by atoms with Gasteiger partial charge in [-0.05, 0) is 0 Å². The predicted octanol–water partition coefficient (Wildman–Crippen LogP) is 0.982. The molecule has 10 heavy (non-hydrogen) atoms. The van der Waals surface area contributed by atoms with E-state index in [1.165, 1.54) is 0 Å². The largest absolute Gasteiger partial charge is 0.346 e. The molecule has 6 heteroatoms. The highest BCUT2D eigenvalue weighted by Gasteiger charge is 2.02. The molecule has 0 rings (SSSR count). The predicted molar refractivity (Wildman–Crippen MR) is 39.8 cm³/mol. The number of carbonyl (C=O) groups excluding carboxylic acids is 1. The van der Waals surface area contributed by atoms with Gasteiger partial charge in [0.25, 0.3) is 0 Å². The average molecular weight is 186 g/mol. The van der Waals surface area contributed by atoms with Crippen LogP contribution >= 0.6 is 19.6 Å². The van der Waals surface area contributed by atoms with Crippen LogP contribution in [0.5, 0.6) is 0 Å². The molecule has 0 aromatic heterocycles. The summed E-state index contributed by atoms with van der Waals surface area (Å²) in [6.45, 7) is 1.65. The summed E-state index contributed by atoms with van der Waals surface area (Å²) in [6.07, 6.45) is 0.750. The number of hydrogen-bond acceptors (Lipinski definition) is 3. The Hall–Kier alpha value is -0.140. The first-order valence-electron chi connectivity index (χ1n) is 2.42. The molecule has 2 N–H and O–H groups in total. The van der Waals surface area contributed by atoms with E-state index in [9.17, 15) is 4.57 Å². The van der Waals surface area contributed by atoms with Crippen LogP contribution in [0.3, 0.4) is 0 Å². The van der Waals surface area contributed by atoms with E-state index in [-0.39, 0.29) is 11.5 Å². The van der Waals surface area contributed by atoms with Crippen LogP contribution in [0.1, 0.15) is 6.92 Å². The quantitative estimate of drug-likeness (QED) is 0.291. The summed E-state index contributed by atoms with van der Waals surface area (Å²) >= 11 is 5.21. The Labute approximate surface area is 64.6 Å². The van der Waals surface area contributed by atoms with Crippen molar-refractivity contribution in [3.63, 3.8) is 0 Å². The van der Waals surface area contributed by atoms with E-state index in [4.69, 9.17) is 26.7 Å². The van der Waals surface area contributed by atoms with Crippen LogP contribution in [0, 0.1) is 5.41 Å². The molecule has 0 saturated heterocycles. The van der Waals surface area contributed by atoms with E-state index < -0.39 is 8.03 Å². The molecule has 0 aromatic rings. The van der Waals surface area contributed by atoms with Gasteiger partial charge in [-0.15, -0.1) is 11.6 Å². The molecular weight excluding hydrogens is 176 g/mol. The van der Waals surface area contributed by atoms with Crippen molar-refractivity contribution in [2.45, 2.75) is 12.6 Å². The Morgan fingerprint density at radius 3 is 2.20 bits per heavy atom. The van der Waals surface area contributed by atoms with Crippen molar-refractivity contribution in [2.24, 2.45) is 0 Å². The molecule has 2 unspecified atom stereocenters. The van der Waals surface area contributed by atoms with E-state index in [2.05, 4.69) is 0 Å². The topological polar surface area (TPSA) is 78.2 Å². The SMILES string of the molecule is CC(CCl)[PH](=O)O.N=C=O. The van der Waals surface area contributed by atoms with Gasteiger partial charge in [-0.2, -0.15) is 0 Å². The van der Waals surface area contributed by atoms with Gasteiger partial charge in [0.15, 0.2) is 8.03 Å². The Kier molecular flexibility index (Phi) is 11.1. The third-order valence-electron chi connectivity index (χ3n) is 0.653. The Balaban J connectivity index is 0. The summed E-state index contributed by atoms with van der Waals surface area (Å²) in [5.41, 5.74) is -0.230. The maximum absolute atomic E-state index is 10.0.